The minimum Gasteiger partial charge on any atom is -0.493 e. The second kappa shape index (κ2) is 3.90. The second-order valence-electron chi connectivity index (χ2n) is 4.38. The van der Waals surface area contributed by atoms with Crippen LogP contribution in [0.1, 0.15) is 24.0 Å². The molecule has 0 saturated heterocycles. The highest BCUT2D eigenvalue weighted by molar-refractivity contribution is 6.32. The molecule has 16 heavy (non-hydrogen) atoms. The van der Waals surface area contributed by atoms with Gasteiger partial charge in [0.05, 0.1) is 12.1 Å². The van der Waals surface area contributed by atoms with Crippen molar-refractivity contribution in [1.82, 2.24) is 0 Å². The Kier molecular flexibility index (Phi) is 2.84. The molecule has 4 heteroatoms. The highest BCUT2D eigenvalue weighted by atomic mass is 35.5. The van der Waals surface area contributed by atoms with E-state index >= 15 is 0 Å². The van der Waals surface area contributed by atoms with E-state index in [1.54, 1.807) is 6.92 Å². The molecule has 1 aliphatic carbocycles. The van der Waals surface area contributed by atoms with Crippen LogP contribution < -0.4 is 10.5 Å². The third-order valence-corrected chi connectivity index (χ3v) is 3.82. The highest BCUT2D eigenvalue weighted by Crippen LogP contribution is 2.54. The van der Waals surface area contributed by atoms with Crippen molar-refractivity contribution in [1.29, 1.82) is 0 Å². The molecule has 0 aliphatic heterocycles. The van der Waals surface area contributed by atoms with Gasteiger partial charge in [0.1, 0.15) is 0 Å². The van der Waals surface area contributed by atoms with E-state index in [0.717, 1.165) is 24.0 Å². The van der Waals surface area contributed by atoms with Gasteiger partial charge in [0.2, 0.25) is 0 Å². The van der Waals surface area contributed by atoms with Crippen molar-refractivity contribution in [3.8, 4) is 5.75 Å². The van der Waals surface area contributed by atoms with Crippen LogP contribution in [0.2, 0.25) is 5.02 Å². The normalized spacial score (nSPS) is 17.3. The molecule has 0 atom stereocenters. The SMILES string of the molecule is COc1c(F)cc(C)c(Cl)c1C1(CN)CC1. The first kappa shape index (κ1) is 11.7. The highest BCUT2D eigenvalue weighted by Gasteiger charge is 2.47. The molecule has 1 saturated carbocycles. The zero-order valence-electron chi connectivity index (χ0n) is 9.44. The Bertz CT molecular complexity index is 430. The molecule has 1 aromatic rings. The molecule has 2 rings (SSSR count). The number of hydrogen-bond donors (Lipinski definition) is 1. The molecular weight excluding hydrogens is 229 g/mol. The molecule has 0 spiro atoms. The zero-order chi connectivity index (χ0) is 11.9. The maximum atomic E-state index is 13.8. The van der Waals surface area contributed by atoms with Gasteiger partial charge in [0, 0.05) is 17.5 Å². The predicted molar refractivity (Wildman–Crippen MR) is 62.7 cm³/mol. The maximum Gasteiger partial charge on any atom is 0.165 e. The van der Waals surface area contributed by atoms with Gasteiger partial charge >= 0.3 is 0 Å². The van der Waals surface area contributed by atoms with Crippen molar-refractivity contribution in [2.24, 2.45) is 5.73 Å². The lowest BCUT2D eigenvalue weighted by Gasteiger charge is -2.20. The summed E-state index contributed by atoms with van der Waals surface area (Å²) in [5.74, 6) is -0.113. The number of aryl methyl sites for hydroxylation is 1. The Morgan fingerprint density at radius 3 is 2.62 bits per heavy atom. The van der Waals surface area contributed by atoms with Gasteiger partial charge in [-0.25, -0.2) is 4.39 Å². The van der Waals surface area contributed by atoms with Gasteiger partial charge in [0.25, 0.3) is 0 Å². The summed E-state index contributed by atoms with van der Waals surface area (Å²) in [6, 6.07) is 1.40. The summed E-state index contributed by atoms with van der Waals surface area (Å²) in [7, 11) is 1.46. The van der Waals surface area contributed by atoms with Crippen LogP contribution in [-0.2, 0) is 5.41 Å². The molecule has 0 radical (unpaired) electrons. The first-order chi connectivity index (χ1) is 7.55. The van der Waals surface area contributed by atoms with E-state index in [1.165, 1.54) is 13.2 Å². The molecule has 0 amide bonds. The monoisotopic (exact) mass is 243 g/mol. The van der Waals surface area contributed by atoms with Crippen LogP contribution in [0.25, 0.3) is 0 Å². The van der Waals surface area contributed by atoms with Gasteiger partial charge in [-0.3, -0.25) is 0 Å². The van der Waals surface area contributed by atoms with E-state index < -0.39 is 0 Å². The predicted octanol–water partition coefficient (Wildman–Crippen LogP) is 2.79. The van der Waals surface area contributed by atoms with Crippen LogP contribution in [0.5, 0.6) is 5.75 Å². The summed E-state index contributed by atoms with van der Waals surface area (Å²) < 4.78 is 18.9. The number of ether oxygens (including phenoxy) is 1. The van der Waals surface area contributed by atoms with Crippen molar-refractivity contribution in [2.45, 2.75) is 25.2 Å². The minimum atomic E-state index is -0.362. The molecule has 2 N–H and O–H groups in total. The van der Waals surface area contributed by atoms with E-state index in [4.69, 9.17) is 22.1 Å². The molecule has 0 heterocycles. The third-order valence-electron chi connectivity index (χ3n) is 3.33. The third kappa shape index (κ3) is 1.59. The summed E-state index contributed by atoms with van der Waals surface area (Å²) in [5.41, 5.74) is 7.06. The Morgan fingerprint density at radius 1 is 1.56 bits per heavy atom. The van der Waals surface area contributed by atoms with Crippen LogP contribution in [0.15, 0.2) is 6.07 Å². The van der Waals surface area contributed by atoms with Crippen molar-refractivity contribution in [3.05, 3.63) is 28.0 Å². The van der Waals surface area contributed by atoms with Crippen molar-refractivity contribution in [2.75, 3.05) is 13.7 Å². The lowest BCUT2D eigenvalue weighted by Crippen LogP contribution is -2.21. The average Bonchev–Trinajstić information content (AvgIpc) is 3.03. The molecule has 0 aromatic heterocycles. The number of rotatable bonds is 3. The summed E-state index contributed by atoms with van der Waals surface area (Å²) in [4.78, 5) is 0. The van der Waals surface area contributed by atoms with Gasteiger partial charge in [-0.05, 0) is 31.4 Å². The Balaban J connectivity index is 2.66. The number of methoxy groups -OCH3 is 1. The molecule has 1 aliphatic rings. The first-order valence-corrected chi connectivity index (χ1v) is 5.66. The second-order valence-corrected chi connectivity index (χ2v) is 4.76. The number of nitrogens with two attached hydrogens (primary N) is 1. The zero-order valence-corrected chi connectivity index (χ0v) is 10.2. The van der Waals surface area contributed by atoms with Crippen LogP contribution in [0.4, 0.5) is 4.39 Å². The fraction of sp³-hybridized carbons (Fsp3) is 0.500. The van der Waals surface area contributed by atoms with Crippen molar-refractivity contribution in [3.63, 3.8) is 0 Å². The maximum absolute atomic E-state index is 13.8. The Hall–Kier alpha value is -0.800. The topological polar surface area (TPSA) is 35.2 Å². The largest absolute Gasteiger partial charge is 0.493 e. The van der Waals surface area contributed by atoms with E-state index in [2.05, 4.69) is 0 Å². The van der Waals surface area contributed by atoms with Crippen LogP contribution in [-0.4, -0.2) is 13.7 Å². The standard InChI is InChI=1S/C12H15ClFNO/c1-7-5-8(14)11(16-2)9(10(7)13)12(6-15)3-4-12/h5H,3-4,6,15H2,1-2H3. The van der Waals surface area contributed by atoms with Gasteiger partial charge in [-0.1, -0.05) is 11.6 Å². The van der Waals surface area contributed by atoms with E-state index in [-0.39, 0.29) is 17.0 Å². The quantitative estimate of drug-likeness (QED) is 0.886. The molecule has 1 aromatic carbocycles. The Morgan fingerprint density at radius 2 is 2.19 bits per heavy atom. The molecular formula is C12H15ClFNO. The number of hydrogen-bond acceptors (Lipinski definition) is 2. The minimum absolute atomic E-state index is 0.171. The van der Waals surface area contributed by atoms with E-state index in [9.17, 15) is 4.39 Å². The van der Waals surface area contributed by atoms with Crippen molar-refractivity contribution >= 4 is 11.6 Å². The first-order valence-electron chi connectivity index (χ1n) is 5.29. The molecule has 0 bridgehead atoms. The lowest BCUT2D eigenvalue weighted by atomic mass is 9.93. The molecule has 0 unspecified atom stereocenters. The Labute approximate surface area is 99.5 Å². The summed E-state index contributed by atoms with van der Waals surface area (Å²) in [5, 5.41) is 0.584. The molecule has 88 valence electrons. The fourth-order valence-corrected chi connectivity index (χ4v) is 2.46. The van der Waals surface area contributed by atoms with Crippen LogP contribution in [0, 0.1) is 12.7 Å². The van der Waals surface area contributed by atoms with Gasteiger partial charge < -0.3 is 10.5 Å². The molecule has 1 fully saturated rings. The number of benzene rings is 1. The summed E-state index contributed by atoms with van der Waals surface area (Å²) in [6.07, 6.45) is 1.89. The number of halogens is 2. The van der Waals surface area contributed by atoms with Crippen molar-refractivity contribution < 1.29 is 9.13 Å². The van der Waals surface area contributed by atoms with Crippen LogP contribution >= 0.6 is 11.6 Å². The molecule has 2 nitrogen and oxygen atoms in total. The summed E-state index contributed by atoms with van der Waals surface area (Å²) in [6.45, 7) is 2.27. The lowest BCUT2D eigenvalue weighted by molar-refractivity contribution is 0.376. The van der Waals surface area contributed by atoms with E-state index in [0.29, 0.717) is 11.6 Å². The summed E-state index contributed by atoms with van der Waals surface area (Å²) >= 11 is 6.25. The average molecular weight is 244 g/mol. The van der Waals surface area contributed by atoms with E-state index in [1.807, 2.05) is 0 Å². The fourth-order valence-electron chi connectivity index (χ4n) is 2.12. The van der Waals surface area contributed by atoms with Gasteiger partial charge in [0.15, 0.2) is 11.6 Å². The van der Waals surface area contributed by atoms with Gasteiger partial charge in [-0.2, -0.15) is 0 Å². The van der Waals surface area contributed by atoms with Gasteiger partial charge in [-0.15, -0.1) is 0 Å². The van der Waals surface area contributed by atoms with Crippen LogP contribution in [0.3, 0.4) is 0 Å². The smallest absolute Gasteiger partial charge is 0.165 e.